The highest BCUT2D eigenvalue weighted by molar-refractivity contribution is 5.47. The molecule has 0 amide bonds. The Kier molecular flexibility index (Phi) is 5.30. The van der Waals surface area contributed by atoms with Gasteiger partial charge in [-0.3, -0.25) is 9.88 Å². The molecule has 25 heavy (non-hydrogen) atoms. The number of nitrogens with two attached hydrogens (primary N) is 2. The lowest BCUT2D eigenvalue weighted by Gasteiger charge is -2.34. The third-order valence-corrected chi connectivity index (χ3v) is 4.60. The van der Waals surface area contributed by atoms with Gasteiger partial charge in [0.05, 0.1) is 17.6 Å². The third-order valence-electron chi connectivity index (χ3n) is 4.60. The monoisotopic (exact) mass is 342 g/mol. The quantitative estimate of drug-likeness (QED) is 0.831. The second-order valence-corrected chi connectivity index (χ2v) is 6.58. The van der Waals surface area contributed by atoms with Crippen molar-refractivity contribution in [3.05, 3.63) is 30.1 Å². The first-order chi connectivity index (χ1) is 12.0. The Morgan fingerprint density at radius 2 is 2.00 bits per heavy atom. The smallest absolute Gasteiger partial charge is 0.241 e. The molecule has 4 N–H and O–H groups in total. The van der Waals surface area contributed by atoms with Crippen molar-refractivity contribution in [2.45, 2.75) is 18.9 Å². The minimum atomic E-state index is 0.152. The molecule has 3 heterocycles. The number of nitrogens with zero attached hydrogens (tertiary/aromatic N) is 6. The Morgan fingerprint density at radius 1 is 1.24 bits per heavy atom. The molecule has 0 atom stereocenters. The number of piperidine rings is 1. The predicted octanol–water partition coefficient (Wildman–Crippen LogP) is 0.866. The maximum atomic E-state index is 5.76. The van der Waals surface area contributed by atoms with Crippen molar-refractivity contribution in [1.82, 2.24) is 29.5 Å². The van der Waals surface area contributed by atoms with Crippen molar-refractivity contribution in [3.8, 4) is 5.69 Å². The molecular weight excluding hydrogens is 316 g/mol. The van der Waals surface area contributed by atoms with Gasteiger partial charge in [0, 0.05) is 12.6 Å². The van der Waals surface area contributed by atoms with E-state index in [1.54, 1.807) is 6.20 Å². The van der Waals surface area contributed by atoms with Gasteiger partial charge in [-0.05, 0) is 58.2 Å². The van der Waals surface area contributed by atoms with Gasteiger partial charge in [-0.1, -0.05) is 6.08 Å². The summed E-state index contributed by atoms with van der Waals surface area (Å²) < 4.78 is 1.48. The van der Waals surface area contributed by atoms with Crippen LogP contribution in [0.4, 0.5) is 11.9 Å². The van der Waals surface area contributed by atoms with Crippen LogP contribution in [0.1, 0.15) is 18.5 Å². The molecule has 8 heteroatoms. The summed E-state index contributed by atoms with van der Waals surface area (Å²) in [4.78, 5) is 13.1. The first-order valence-corrected chi connectivity index (χ1v) is 8.52. The molecule has 0 aromatic carbocycles. The minimum absolute atomic E-state index is 0.152. The number of pyridine rings is 1. The molecule has 1 aliphatic heterocycles. The van der Waals surface area contributed by atoms with Gasteiger partial charge in [-0.15, -0.1) is 5.10 Å². The highest BCUT2D eigenvalue weighted by Crippen LogP contribution is 2.15. The fraction of sp³-hybridized carbons (Fsp3) is 0.471. The Labute approximate surface area is 148 Å². The zero-order chi connectivity index (χ0) is 17.8. The van der Waals surface area contributed by atoms with Crippen molar-refractivity contribution >= 4 is 18.0 Å². The zero-order valence-corrected chi connectivity index (χ0v) is 14.8. The summed E-state index contributed by atoms with van der Waals surface area (Å²) in [7, 11) is 4.33. The normalized spacial score (nSPS) is 16.9. The SMILES string of the molecule is CN(C)C1CCN(CC=Cc2ccc(-n3nc(N)nc3N)cn2)CC1. The van der Waals surface area contributed by atoms with E-state index in [0.29, 0.717) is 6.04 Å². The number of nitrogen functional groups attached to an aromatic ring is 2. The molecule has 2 aromatic heterocycles. The molecule has 0 spiro atoms. The summed E-state index contributed by atoms with van der Waals surface area (Å²) in [5, 5.41) is 4.04. The van der Waals surface area contributed by atoms with E-state index in [4.69, 9.17) is 11.5 Å². The van der Waals surface area contributed by atoms with Crippen molar-refractivity contribution in [3.63, 3.8) is 0 Å². The Hall–Kier alpha value is -2.45. The van der Waals surface area contributed by atoms with Crippen LogP contribution < -0.4 is 11.5 Å². The Morgan fingerprint density at radius 3 is 2.56 bits per heavy atom. The number of rotatable bonds is 5. The Bertz CT molecular complexity index is 711. The van der Waals surface area contributed by atoms with E-state index in [9.17, 15) is 0 Å². The minimum Gasteiger partial charge on any atom is -0.368 e. The van der Waals surface area contributed by atoms with Gasteiger partial charge in [-0.25, -0.2) is 0 Å². The standard InChI is InChI=1S/C17H26N8/c1-23(2)14-7-10-24(11-8-14)9-3-4-13-5-6-15(12-20-13)25-17(19)21-16(18)22-25/h3-6,12,14H,7-11H2,1-2H3,(H4,18,19,21,22). The summed E-state index contributed by atoms with van der Waals surface area (Å²) in [5.74, 6) is 0.406. The van der Waals surface area contributed by atoms with Crippen molar-refractivity contribution in [2.24, 2.45) is 0 Å². The average molecular weight is 342 g/mol. The molecule has 134 valence electrons. The maximum Gasteiger partial charge on any atom is 0.241 e. The van der Waals surface area contributed by atoms with Crippen LogP contribution in [0.5, 0.6) is 0 Å². The largest absolute Gasteiger partial charge is 0.368 e. The first-order valence-electron chi connectivity index (χ1n) is 8.52. The van der Waals surface area contributed by atoms with Crippen LogP contribution in [0.25, 0.3) is 11.8 Å². The molecule has 0 saturated carbocycles. The Balaban J connectivity index is 1.53. The molecule has 1 fully saturated rings. The fourth-order valence-corrected chi connectivity index (χ4v) is 3.09. The van der Waals surface area contributed by atoms with Gasteiger partial charge in [0.1, 0.15) is 0 Å². The topological polar surface area (TPSA) is 102 Å². The molecule has 1 saturated heterocycles. The van der Waals surface area contributed by atoms with Crippen molar-refractivity contribution < 1.29 is 0 Å². The number of hydrogen-bond donors (Lipinski definition) is 2. The van der Waals surface area contributed by atoms with Crippen LogP contribution in [-0.2, 0) is 0 Å². The number of anilines is 2. The van der Waals surface area contributed by atoms with E-state index < -0.39 is 0 Å². The van der Waals surface area contributed by atoms with Gasteiger partial charge in [-0.2, -0.15) is 9.67 Å². The number of hydrogen-bond acceptors (Lipinski definition) is 7. The van der Waals surface area contributed by atoms with Crippen LogP contribution in [0, 0.1) is 0 Å². The third kappa shape index (κ3) is 4.34. The van der Waals surface area contributed by atoms with Gasteiger partial charge < -0.3 is 16.4 Å². The molecular formula is C17H26N8. The van der Waals surface area contributed by atoms with Crippen molar-refractivity contribution in [2.75, 3.05) is 45.2 Å². The fourth-order valence-electron chi connectivity index (χ4n) is 3.09. The van der Waals surface area contributed by atoms with Gasteiger partial charge in [0.25, 0.3) is 0 Å². The van der Waals surface area contributed by atoms with Gasteiger partial charge >= 0.3 is 0 Å². The van der Waals surface area contributed by atoms with E-state index in [1.165, 1.54) is 17.5 Å². The summed E-state index contributed by atoms with van der Waals surface area (Å²) >= 11 is 0. The second-order valence-electron chi connectivity index (χ2n) is 6.58. The van der Waals surface area contributed by atoms with Crippen LogP contribution in [0.15, 0.2) is 24.4 Å². The number of aromatic nitrogens is 4. The lowest BCUT2D eigenvalue weighted by molar-refractivity contribution is 0.155. The van der Waals surface area contributed by atoms with Crippen molar-refractivity contribution in [1.29, 1.82) is 0 Å². The van der Waals surface area contributed by atoms with E-state index >= 15 is 0 Å². The predicted molar refractivity (Wildman–Crippen MR) is 100 cm³/mol. The van der Waals surface area contributed by atoms with Crippen LogP contribution in [-0.4, -0.2) is 69.3 Å². The van der Waals surface area contributed by atoms with E-state index in [2.05, 4.69) is 45.0 Å². The molecule has 0 bridgehead atoms. The molecule has 3 rings (SSSR count). The summed E-state index contributed by atoms with van der Waals surface area (Å²) in [6, 6.07) is 4.55. The lowest BCUT2D eigenvalue weighted by Crippen LogP contribution is -2.41. The first kappa shape index (κ1) is 17.4. The molecule has 8 nitrogen and oxygen atoms in total. The molecule has 0 aliphatic carbocycles. The summed E-state index contributed by atoms with van der Waals surface area (Å²) in [6.45, 7) is 3.25. The zero-order valence-electron chi connectivity index (χ0n) is 14.8. The maximum absolute atomic E-state index is 5.76. The van der Waals surface area contributed by atoms with Gasteiger partial charge in [0.2, 0.25) is 11.9 Å². The van der Waals surface area contributed by atoms with Gasteiger partial charge in [0.15, 0.2) is 0 Å². The van der Waals surface area contributed by atoms with E-state index in [0.717, 1.165) is 31.0 Å². The molecule has 2 aromatic rings. The van der Waals surface area contributed by atoms with Crippen LogP contribution in [0.3, 0.4) is 0 Å². The summed E-state index contributed by atoms with van der Waals surface area (Å²) in [5.41, 5.74) is 12.9. The highest BCUT2D eigenvalue weighted by Gasteiger charge is 2.19. The molecule has 0 unspecified atom stereocenters. The lowest BCUT2D eigenvalue weighted by atomic mass is 10.0. The average Bonchev–Trinajstić information content (AvgIpc) is 2.94. The van der Waals surface area contributed by atoms with Crippen LogP contribution in [0.2, 0.25) is 0 Å². The number of likely N-dealkylation sites (tertiary alicyclic amines) is 1. The summed E-state index contributed by atoms with van der Waals surface area (Å²) in [6.07, 6.45) is 8.39. The highest BCUT2D eigenvalue weighted by atomic mass is 15.4. The van der Waals surface area contributed by atoms with Crippen LogP contribution >= 0.6 is 0 Å². The van der Waals surface area contributed by atoms with E-state index in [1.807, 2.05) is 18.2 Å². The van der Waals surface area contributed by atoms with E-state index in [-0.39, 0.29) is 11.9 Å². The molecule has 0 radical (unpaired) electrons. The second kappa shape index (κ2) is 7.62. The molecule has 1 aliphatic rings.